The van der Waals surface area contributed by atoms with E-state index in [0.717, 1.165) is 12.8 Å². The van der Waals surface area contributed by atoms with Gasteiger partial charge in [0.25, 0.3) is 0 Å². The molecule has 0 heterocycles. The summed E-state index contributed by atoms with van der Waals surface area (Å²) in [6.07, 6.45) is 1.81. The standard InChI is InChI=1S/C13H21ClN2O2S/c1-9(2)5-4-6-16-19(17,18)13-8-12(15)11(14)7-10(13)3/h7-9,16H,4-6,15H2,1-3H3. The lowest BCUT2D eigenvalue weighted by Gasteiger charge is -2.11. The number of benzene rings is 1. The molecular formula is C13H21ClN2O2S. The van der Waals surface area contributed by atoms with Crippen LogP contribution in [0.25, 0.3) is 0 Å². The zero-order chi connectivity index (χ0) is 14.6. The molecule has 19 heavy (non-hydrogen) atoms. The number of nitrogen functional groups attached to an aromatic ring is 1. The average molecular weight is 305 g/mol. The molecule has 0 amide bonds. The molecule has 0 saturated carbocycles. The van der Waals surface area contributed by atoms with Crippen LogP contribution in [0.2, 0.25) is 5.02 Å². The SMILES string of the molecule is Cc1cc(Cl)c(N)cc1S(=O)(=O)NCCCC(C)C. The quantitative estimate of drug-likeness (QED) is 0.627. The summed E-state index contributed by atoms with van der Waals surface area (Å²) in [5.41, 5.74) is 6.52. The summed E-state index contributed by atoms with van der Waals surface area (Å²) in [5, 5.41) is 0.372. The van der Waals surface area contributed by atoms with E-state index < -0.39 is 10.0 Å². The molecule has 0 saturated heterocycles. The highest BCUT2D eigenvalue weighted by Gasteiger charge is 2.17. The molecule has 0 atom stereocenters. The highest BCUT2D eigenvalue weighted by Crippen LogP contribution is 2.26. The minimum atomic E-state index is -3.52. The molecule has 0 unspecified atom stereocenters. The van der Waals surface area contributed by atoms with Crippen LogP contribution >= 0.6 is 11.6 Å². The van der Waals surface area contributed by atoms with Crippen LogP contribution in [0.15, 0.2) is 17.0 Å². The third-order valence-corrected chi connectivity index (χ3v) is 4.76. The van der Waals surface area contributed by atoms with E-state index >= 15 is 0 Å². The van der Waals surface area contributed by atoms with Crippen LogP contribution in [0.3, 0.4) is 0 Å². The first-order valence-corrected chi connectivity index (χ1v) is 8.15. The zero-order valence-electron chi connectivity index (χ0n) is 11.5. The number of aryl methyl sites for hydroxylation is 1. The second kappa shape index (κ2) is 6.59. The Morgan fingerprint density at radius 1 is 1.37 bits per heavy atom. The summed E-state index contributed by atoms with van der Waals surface area (Å²) < 4.78 is 26.9. The highest BCUT2D eigenvalue weighted by molar-refractivity contribution is 7.89. The van der Waals surface area contributed by atoms with Crippen molar-refractivity contribution >= 4 is 27.3 Å². The fraction of sp³-hybridized carbons (Fsp3) is 0.538. The molecule has 1 rings (SSSR count). The van der Waals surface area contributed by atoms with Crippen molar-refractivity contribution in [3.05, 3.63) is 22.7 Å². The Kier molecular flexibility index (Phi) is 5.64. The number of anilines is 1. The second-order valence-corrected chi connectivity index (χ2v) is 7.22. The smallest absolute Gasteiger partial charge is 0.240 e. The Morgan fingerprint density at radius 3 is 2.58 bits per heavy atom. The molecule has 0 aliphatic heterocycles. The fourth-order valence-corrected chi connectivity index (χ4v) is 3.30. The predicted molar refractivity (Wildman–Crippen MR) is 79.9 cm³/mol. The topological polar surface area (TPSA) is 72.2 Å². The molecule has 0 aliphatic rings. The van der Waals surface area contributed by atoms with Crippen LogP contribution in [0.4, 0.5) is 5.69 Å². The van der Waals surface area contributed by atoms with Gasteiger partial charge in [0.15, 0.2) is 0 Å². The molecule has 0 radical (unpaired) electrons. The molecule has 1 aromatic rings. The number of nitrogens with two attached hydrogens (primary N) is 1. The molecular weight excluding hydrogens is 284 g/mol. The van der Waals surface area contributed by atoms with Gasteiger partial charge in [-0.3, -0.25) is 0 Å². The monoisotopic (exact) mass is 304 g/mol. The summed E-state index contributed by atoms with van der Waals surface area (Å²) >= 11 is 5.86. The van der Waals surface area contributed by atoms with Gasteiger partial charge in [0.05, 0.1) is 15.6 Å². The van der Waals surface area contributed by atoms with Gasteiger partial charge in [0.1, 0.15) is 0 Å². The van der Waals surface area contributed by atoms with Gasteiger partial charge in [-0.1, -0.05) is 25.4 Å². The van der Waals surface area contributed by atoms with Crippen molar-refractivity contribution in [3.8, 4) is 0 Å². The molecule has 0 aromatic heterocycles. The van der Waals surface area contributed by atoms with Crippen molar-refractivity contribution in [2.75, 3.05) is 12.3 Å². The molecule has 0 fully saturated rings. The van der Waals surface area contributed by atoms with Gasteiger partial charge in [-0.05, 0) is 43.4 Å². The summed E-state index contributed by atoms with van der Waals surface area (Å²) in [5.74, 6) is 0.567. The molecule has 108 valence electrons. The number of nitrogens with one attached hydrogen (secondary N) is 1. The fourth-order valence-electron chi connectivity index (χ4n) is 1.75. The summed E-state index contributed by atoms with van der Waals surface area (Å²) in [6, 6.07) is 2.97. The highest BCUT2D eigenvalue weighted by atomic mass is 35.5. The third-order valence-electron chi connectivity index (χ3n) is 2.83. The average Bonchev–Trinajstić information content (AvgIpc) is 2.29. The Labute approximate surface area is 120 Å². The Morgan fingerprint density at radius 2 is 2.00 bits per heavy atom. The van der Waals surface area contributed by atoms with Crippen molar-refractivity contribution in [1.82, 2.24) is 4.72 Å². The molecule has 4 nitrogen and oxygen atoms in total. The van der Waals surface area contributed by atoms with E-state index in [4.69, 9.17) is 17.3 Å². The number of hydrogen-bond acceptors (Lipinski definition) is 3. The number of hydrogen-bond donors (Lipinski definition) is 2. The lowest BCUT2D eigenvalue weighted by Crippen LogP contribution is -2.25. The zero-order valence-corrected chi connectivity index (χ0v) is 13.1. The van der Waals surface area contributed by atoms with Gasteiger partial charge >= 0.3 is 0 Å². The van der Waals surface area contributed by atoms with E-state index in [1.54, 1.807) is 13.0 Å². The van der Waals surface area contributed by atoms with Crippen LogP contribution < -0.4 is 10.5 Å². The normalized spacial score (nSPS) is 12.1. The van der Waals surface area contributed by atoms with Crippen molar-refractivity contribution in [1.29, 1.82) is 0 Å². The summed E-state index contributed by atoms with van der Waals surface area (Å²) in [4.78, 5) is 0.193. The number of rotatable bonds is 6. The van der Waals surface area contributed by atoms with Crippen LogP contribution in [0.1, 0.15) is 32.3 Å². The Bertz CT molecular complexity index is 542. The predicted octanol–water partition coefficient (Wildman–Crippen LogP) is 2.95. The molecule has 0 bridgehead atoms. The van der Waals surface area contributed by atoms with E-state index in [0.29, 0.717) is 23.0 Å². The second-order valence-electron chi connectivity index (χ2n) is 5.07. The number of halogens is 1. The minimum Gasteiger partial charge on any atom is -0.397 e. The molecule has 6 heteroatoms. The maximum absolute atomic E-state index is 12.2. The van der Waals surface area contributed by atoms with Gasteiger partial charge in [0.2, 0.25) is 10.0 Å². The van der Waals surface area contributed by atoms with E-state index in [-0.39, 0.29) is 10.6 Å². The van der Waals surface area contributed by atoms with E-state index in [1.165, 1.54) is 6.07 Å². The van der Waals surface area contributed by atoms with Crippen molar-refractivity contribution in [2.24, 2.45) is 5.92 Å². The maximum Gasteiger partial charge on any atom is 0.240 e. The summed E-state index contributed by atoms with van der Waals surface area (Å²) in [7, 11) is -3.52. The Balaban J connectivity index is 2.80. The first-order chi connectivity index (χ1) is 8.74. The number of sulfonamides is 1. The van der Waals surface area contributed by atoms with Crippen LogP contribution in [-0.2, 0) is 10.0 Å². The van der Waals surface area contributed by atoms with E-state index in [9.17, 15) is 8.42 Å². The van der Waals surface area contributed by atoms with Gasteiger partial charge in [0, 0.05) is 6.54 Å². The van der Waals surface area contributed by atoms with E-state index in [2.05, 4.69) is 18.6 Å². The van der Waals surface area contributed by atoms with Gasteiger partial charge in [-0.15, -0.1) is 0 Å². The lowest BCUT2D eigenvalue weighted by molar-refractivity contribution is 0.539. The lowest BCUT2D eigenvalue weighted by atomic mass is 10.1. The Hall–Kier alpha value is -0.780. The van der Waals surface area contributed by atoms with Crippen molar-refractivity contribution < 1.29 is 8.42 Å². The molecule has 0 aliphatic carbocycles. The van der Waals surface area contributed by atoms with Crippen molar-refractivity contribution in [3.63, 3.8) is 0 Å². The van der Waals surface area contributed by atoms with Crippen molar-refractivity contribution in [2.45, 2.75) is 38.5 Å². The van der Waals surface area contributed by atoms with Crippen LogP contribution in [0, 0.1) is 12.8 Å². The van der Waals surface area contributed by atoms with Crippen LogP contribution in [0.5, 0.6) is 0 Å². The third kappa shape index (κ3) is 4.67. The minimum absolute atomic E-state index is 0.193. The van der Waals surface area contributed by atoms with Gasteiger partial charge < -0.3 is 5.73 Å². The summed E-state index contributed by atoms with van der Waals surface area (Å²) in [6.45, 7) is 6.35. The first-order valence-electron chi connectivity index (χ1n) is 6.29. The maximum atomic E-state index is 12.2. The molecule has 0 spiro atoms. The molecule has 3 N–H and O–H groups in total. The molecule has 1 aromatic carbocycles. The van der Waals surface area contributed by atoms with Gasteiger partial charge in [-0.2, -0.15) is 0 Å². The van der Waals surface area contributed by atoms with Gasteiger partial charge in [-0.25, -0.2) is 13.1 Å². The first kappa shape index (κ1) is 16.3. The van der Waals surface area contributed by atoms with Crippen LogP contribution in [-0.4, -0.2) is 15.0 Å². The largest absolute Gasteiger partial charge is 0.397 e. The van der Waals surface area contributed by atoms with E-state index in [1.807, 2.05) is 0 Å².